The predicted molar refractivity (Wildman–Crippen MR) is 220 cm³/mol. The summed E-state index contributed by atoms with van der Waals surface area (Å²) in [5.74, 6) is 0.637. The molecule has 2 amide bonds. The van der Waals surface area contributed by atoms with Crippen LogP contribution in [0.2, 0.25) is 0 Å². The molecule has 62 heavy (non-hydrogen) atoms. The van der Waals surface area contributed by atoms with E-state index in [1.807, 2.05) is 24.3 Å². The van der Waals surface area contributed by atoms with Gasteiger partial charge in [-0.3, -0.25) is 29.4 Å². The molecule has 2 fully saturated rings. The van der Waals surface area contributed by atoms with Crippen LogP contribution in [0.3, 0.4) is 0 Å². The average molecular weight is 838 g/mol. The van der Waals surface area contributed by atoms with Crippen LogP contribution in [0.25, 0.3) is 0 Å². The number of amides is 2. The highest BCUT2D eigenvalue weighted by Gasteiger charge is 2.76. The van der Waals surface area contributed by atoms with Gasteiger partial charge in [-0.1, -0.05) is 90.7 Å². The molecule has 6 atom stereocenters. The van der Waals surface area contributed by atoms with Gasteiger partial charge in [-0.25, -0.2) is 9.69 Å². The Bertz CT molecular complexity index is 2590. The van der Waals surface area contributed by atoms with Crippen molar-refractivity contribution in [3.63, 3.8) is 0 Å². The first-order valence-corrected chi connectivity index (χ1v) is 19.7. The van der Waals surface area contributed by atoms with Crippen LogP contribution in [0.15, 0.2) is 127 Å². The molecule has 0 radical (unpaired) electrons. The van der Waals surface area contributed by atoms with Crippen molar-refractivity contribution < 1.29 is 53.6 Å². The molecule has 3 N–H and O–H groups in total. The summed E-state index contributed by atoms with van der Waals surface area (Å²) in [5, 5.41) is 42.2. The Kier molecular flexibility index (Phi) is 11.5. The molecular formula is C47H39N3O12. The van der Waals surface area contributed by atoms with Crippen LogP contribution in [-0.4, -0.2) is 74.9 Å². The Hall–Kier alpha value is -7.38. The maximum absolute atomic E-state index is 16.0. The Balaban J connectivity index is 1.40. The van der Waals surface area contributed by atoms with Crippen LogP contribution < -0.4 is 9.64 Å². The van der Waals surface area contributed by atoms with Gasteiger partial charge in [0.1, 0.15) is 42.4 Å². The minimum atomic E-state index is -2.30. The van der Waals surface area contributed by atoms with E-state index < -0.39 is 71.0 Å². The second kappa shape index (κ2) is 17.3. The molecule has 15 nitrogen and oxygen atoms in total. The number of rotatable bonds is 11. The third kappa shape index (κ3) is 7.09. The van der Waals surface area contributed by atoms with Gasteiger partial charge in [0.15, 0.2) is 0 Å². The number of non-ortho nitro benzene ring substituents is 1. The summed E-state index contributed by atoms with van der Waals surface area (Å²) in [6.45, 7) is -1.19. The second-order valence-corrected chi connectivity index (χ2v) is 14.8. The number of nitrogens with zero attached hydrogens (tertiary/aromatic N) is 3. The standard InChI is InChI=1S/C47H39N3O12/c51-24-10-9-11-29-20-23-36-35(27-29)47(45(56)48(36)46(57)61-28-30-18-21-33(22-19-30)50(58)59)38(43(53)54)40-44(55)62-41(32-14-5-2-6-15-32)39(31-12-3-1-4-13-31)49(40)42(47)34-16-7-8-17-37(34)60-26-25-52/h1-8,12-23,27,38-42,51-52H,10,24-26,28H2,(H,53,54)/t38-,39-,40-,41+,42+,47-/m0/s1. The number of carboxylic acids is 1. The highest BCUT2D eigenvalue weighted by atomic mass is 16.6. The second-order valence-electron chi connectivity index (χ2n) is 14.8. The summed E-state index contributed by atoms with van der Waals surface area (Å²) < 4.78 is 18.1. The van der Waals surface area contributed by atoms with Crippen molar-refractivity contribution in [1.29, 1.82) is 0 Å². The van der Waals surface area contributed by atoms with Crippen molar-refractivity contribution in [2.75, 3.05) is 24.7 Å². The van der Waals surface area contributed by atoms with E-state index in [4.69, 9.17) is 14.2 Å². The lowest BCUT2D eigenvalue weighted by Crippen LogP contribution is -2.53. The predicted octanol–water partition coefficient (Wildman–Crippen LogP) is 5.79. The molecular weight excluding hydrogens is 799 g/mol. The number of imide groups is 1. The number of carbonyl (C=O) groups is 4. The number of ether oxygens (including phenoxy) is 3. The number of carbonyl (C=O) groups excluding carboxylic acids is 3. The number of nitro groups is 1. The Morgan fingerprint density at radius 3 is 2.18 bits per heavy atom. The summed E-state index contributed by atoms with van der Waals surface area (Å²) in [7, 11) is 0. The van der Waals surface area contributed by atoms with Gasteiger partial charge in [0.05, 0.1) is 35.9 Å². The molecule has 2 saturated heterocycles. The van der Waals surface area contributed by atoms with Crippen molar-refractivity contribution in [2.24, 2.45) is 5.92 Å². The molecule has 5 aromatic rings. The molecule has 3 heterocycles. The zero-order valence-electron chi connectivity index (χ0n) is 32.9. The molecule has 314 valence electrons. The minimum absolute atomic E-state index is 0.0227. The number of carboxylic acid groups (broad SMARTS) is 1. The molecule has 3 aliphatic heterocycles. The third-order valence-corrected chi connectivity index (χ3v) is 11.4. The number of aliphatic hydroxyl groups excluding tert-OH is 2. The van der Waals surface area contributed by atoms with Gasteiger partial charge in [-0.2, -0.15) is 0 Å². The van der Waals surface area contributed by atoms with E-state index >= 15 is 4.79 Å². The van der Waals surface area contributed by atoms with Gasteiger partial charge < -0.3 is 29.5 Å². The van der Waals surface area contributed by atoms with Crippen molar-refractivity contribution in [2.45, 2.75) is 42.7 Å². The van der Waals surface area contributed by atoms with E-state index in [1.54, 1.807) is 71.6 Å². The molecule has 0 aliphatic carbocycles. The van der Waals surface area contributed by atoms with Crippen molar-refractivity contribution >= 4 is 35.3 Å². The topological polar surface area (TPSA) is 206 Å². The van der Waals surface area contributed by atoms with Gasteiger partial charge in [-0.15, -0.1) is 0 Å². The maximum atomic E-state index is 16.0. The molecule has 15 heteroatoms. The van der Waals surface area contributed by atoms with Gasteiger partial charge in [0, 0.05) is 29.7 Å². The van der Waals surface area contributed by atoms with Crippen molar-refractivity contribution in [3.05, 3.63) is 171 Å². The number of hydrogen-bond acceptors (Lipinski definition) is 12. The lowest BCUT2D eigenvalue weighted by atomic mass is 9.65. The highest BCUT2D eigenvalue weighted by molar-refractivity contribution is 6.23. The van der Waals surface area contributed by atoms with E-state index in [1.165, 1.54) is 36.4 Å². The van der Waals surface area contributed by atoms with E-state index in [9.17, 15) is 39.8 Å². The quantitative estimate of drug-likeness (QED) is 0.0625. The SMILES string of the molecule is O=C1O[C@H](c2ccccc2)[C@H](c2ccccc2)N2[C@H]1[C@@H](C(=O)O)[C@]1(C(=O)N(C(=O)OCc3ccc([N+](=O)[O-])cc3)c3ccc(C#CCCO)cc31)[C@H]2c1ccccc1OCCO. The van der Waals surface area contributed by atoms with Crippen LogP contribution >= 0.6 is 0 Å². The number of benzene rings is 5. The summed E-state index contributed by atoms with van der Waals surface area (Å²) in [6, 6.07) is 30.5. The first-order chi connectivity index (χ1) is 30.1. The van der Waals surface area contributed by atoms with Crippen LogP contribution in [0.5, 0.6) is 5.75 Å². The Morgan fingerprint density at radius 2 is 1.52 bits per heavy atom. The van der Waals surface area contributed by atoms with Gasteiger partial charge in [0.2, 0.25) is 5.91 Å². The van der Waals surface area contributed by atoms with Crippen LogP contribution in [0, 0.1) is 27.9 Å². The average Bonchev–Trinajstić information content (AvgIpc) is 3.74. The van der Waals surface area contributed by atoms with E-state index in [2.05, 4.69) is 11.8 Å². The highest BCUT2D eigenvalue weighted by Crippen LogP contribution is 2.66. The zero-order valence-corrected chi connectivity index (χ0v) is 32.9. The number of hydrogen-bond donors (Lipinski definition) is 3. The Labute approximate surface area is 354 Å². The largest absolute Gasteiger partial charge is 0.491 e. The number of fused-ring (bicyclic) bond motifs is 3. The summed E-state index contributed by atoms with van der Waals surface area (Å²) >= 11 is 0. The van der Waals surface area contributed by atoms with E-state index in [0.29, 0.717) is 22.3 Å². The Morgan fingerprint density at radius 1 is 0.839 bits per heavy atom. The smallest absolute Gasteiger partial charge is 0.421 e. The minimum Gasteiger partial charge on any atom is -0.491 e. The molecule has 8 rings (SSSR count). The van der Waals surface area contributed by atoms with Crippen LogP contribution in [0.1, 0.15) is 58.0 Å². The fraction of sp³-hybridized carbons (Fsp3) is 0.234. The van der Waals surface area contributed by atoms with Gasteiger partial charge in [0.25, 0.3) is 5.69 Å². The number of cyclic esters (lactones) is 1. The number of morpholine rings is 1. The summed E-state index contributed by atoms with van der Waals surface area (Å²) in [6.07, 6.45) is -2.08. The van der Waals surface area contributed by atoms with Gasteiger partial charge in [-0.05, 0) is 58.7 Å². The molecule has 0 bridgehead atoms. The molecule has 0 aromatic heterocycles. The lowest BCUT2D eigenvalue weighted by molar-refractivity contribution is -0.384. The molecule has 5 aromatic carbocycles. The molecule has 0 unspecified atom stereocenters. The number of nitro benzene ring substituents is 1. The fourth-order valence-electron chi connectivity index (χ4n) is 9.05. The van der Waals surface area contributed by atoms with Gasteiger partial charge >= 0.3 is 18.0 Å². The fourth-order valence-corrected chi connectivity index (χ4v) is 9.05. The molecule has 1 spiro atoms. The van der Waals surface area contributed by atoms with E-state index in [0.717, 1.165) is 4.90 Å². The maximum Gasteiger partial charge on any atom is 0.421 e. The summed E-state index contributed by atoms with van der Waals surface area (Å²) in [4.78, 5) is 72.6. The number of para-hydroxylation sites is 1. The van der Waals surface area contributed by atoms with E-state index in [-0.39, 0.29) is 54.5 Å². The number of aliphatic hydroxyl groups is 2. The van der Waals surface area contributed by atoms with Crippen LogP contribution in [-0.2, 0) is 35.9 Å². The molecule has 3 aliphatic rings. The first kappa shape index (κ1) is 41.4. The number of anilines is 1. The number of aliphatic carboxylic acids is 1. The normalized spacial score (nSPS) is 22.5. The monoisotopic (exact) mass is 837 g/mol. The third-order valence-electron chi connectivity index (χ3n) is 11.4. The lowest BCUT2D eigenvalue weighted by Gasteiger charge is -2.46. The summed E-state index contributed by atoms with van der Waals surface area (Å²) in [5.41, 5.74) is -0.235. The van der Waals surface area contributed by atoms with Crippen LogP contribution in [0.4, 0.5) is 16.2 Å². The first-order valence-electron chi connectivity index (χ1n) is 19.7. The van der Waals surface area contributed by atoms with Crippen molar-refractivity contribution in [3.8, 4) is 17.6 Å². The van der Waals surface area contributed by atoms with Crippen molar-refractivity contribution in [1.82, 2.24) is 4.90 Å². The molecule has 0 saturated carbocycles. The zero-order chi connectivity index (χ0) is 43.5. The number of esters is 1.